The van der Waals surface area contributed by atoms with Gasteiger partial charge < -0.3 is 4.74 Å². The van der Waals surface area contributed by atoms with Crippen molar-refractivity contribution >= 4 is 43.7 Å². The van der Waals surface area contributed by atoms with Gasteiger partial charge in [-0.1, -0.05) is 29.8 Å². The number of rotatable bonds is 6. The van der Waals surface area contributed by atoms with Gasteiger partial charge in [0.2, 0.25) is 0 Å². The molecular weight excluding hydrogens is 442 g/mol. The smallest absolute Gasteiger partial charge is 0.193 e. The molecule has 0 N–H and O–H groups in total. The van der Waals surface area contributed by atoms with Crippen molar-refractivity contribution in [2.75, 3.05) is 7.11 Å². The molecule has 6 nitrogen and oxygen atoms in total. The molecule has 9 heteroatoms. The van der Waals surface area contributed by atoms with Crippen LogP contribution in [0.2, 0.25) is 4.34 Å². The van der Waals surface area contributed by atoms with Crippen molar-refractivity contribution in [3.8, 4) is 11.8 Å². The Morgan fingerprint density at radius 1 is 1.20 bits per heavy atom. The Bertz CT molecular complexity index is 1380. The molecule has 152 valence electrons. The second-order valence-electron chi connectivity index (χ2n) is 6.59. The average Bonchev–Trinajstić information content (AvgIpc) is 3.32. The highest BCUT2D eigenvalue weighted by atomic mass is 35.5. The maximum absolute atomic E-state index is 12.9. The monoisotopic (exact) mass is 457 g/mol. The van der Waals surface area contributed by atoms with Gasteiger partial charge in [0.15, 0.2) is 9.84 Å². The highest BCUT2D eigenvalue weighted by Crippen LogP contribution is 2.33. The van der Waals surface area contributed by atoms with Crippen molar-refractivity contribution < 1.29 is 13.2 Å². The molecule has 4 rings (SSSR count). The van der Waals surface area contributed by atoms with Gasteiger partial charge in [0.1, 0.15) is 15.7 Å². The van der Waals surface area contributed by atoms with E-state index in [2.05, 4.69) is 11.2 Å². The fourth-order valence-electron chi connectivity index (χ4n) is 3.29. The van der Waals surface area contributed by atoms with E-state index in [0.717, 1.165) is 22.4 Å². The van der Waals surface area contributed by atoms with Gasteiger partial charge in [-0.2, -0.15) is 10.4 Å². The summed E-state index contributed by atoms with van der Waals surface area (Å²) in [6.45, 7) is 0.393. The van der Waals surface area contributed by atoms with Crippen LogP contribution in [0.4, 0.5) is 0 Å². The number of sulfone groups is 1. The van der Waals surface area contributed by atoms with E-state index in [-0.39, 0.29) is 9.96 Å². The van der Waals surface area contributed by atoms with E-state index in [0.29, 0.717) is 33.3 Å². The molecule has 30 heavy (non-hydrogen) atoms. The maximum Gasteiger partial charge on any atom is 0.193 e. The van der Waals surface area contributed by atoms with Crippen molar-refractivity contribution in [2.24, 2.45) is 0 Å². The zero-order chi connectivity index (χ0) is 21.3. The Morgan fingerprint density at radius 2 is 2.00 bits per heavy atom. The molecule has 0 fully saturated rings. The molecule has 0 aliphatic rings. The summed E-state index contributed by atoms with van der Waals surface area (Å²) in [4.78, 5) is 0. The first kappa shape index (κ1) is 20.4. The first-order chi connectivity index (χ1) is 14.4. The molecule has 0 atom stereocenters. The summed E-state index contributed by atoms with van der Waals surface area (Å²) < 4.78 is 33.7. The SMILES string of the molecule is COc1cccc2c1c(CS(=O)(=O)c1ccc(Cl)s1)nn2Cc1cccc(C#N)c1. The van der Waals surface area contributed by atoms with Crippen molar-refractivity contribution in [1.82, 2.24) is 9.78 Å². The molecular formula is C21H16ClN3O3S2. The largest absolute Gasteiger partial charge is 0.496 e. The topological polar surface area (TPSA) is 85.0 Å². The summed E-state index contributed by atoms with van der Waals surface area (Å²) in [6, 6.07) is 17.9. The first-order valence-electron chi connectivity index (χ1n) is 8.91. The van der Waals surface area contributed by atoms with Gasteiger partial charge in [-0.25, -0.2) is 8.42 Å². The Balaban J connectivity index is 1.81. The Morgan fingerprint density at radius 3 is 2.70 bits per heavy atom. The van der Waals surface area contributed by atoms with E-state index in [4.69, 9.17) is 21.6 Å². The second-order valence-corrected chi connectivity index (χ2v) is 10.5. The summed E-state index contributed by atoms with van der Waals surface area (Å²) >= 11 is 6.95. The predicted molar refractivity (Wildman–Crippen MR) is 117 cm³/mol. The summed E-state index contributed by atoms with van der Waals surface area (Å²) in [5, 5.41) is 14.4. The lowest BCUT2D eigenvalue weighted by Crippen LogP contribution is -2.06. The number of thiophene rings is 1. The van der Waals surface area contributed by atoms with Gasteiger partial charge in [0.05, 0.1) is 46.2 Å². The molecule has 0 aliphatic heterocycles. The van der Waals surface area contributed by atoms with E-state index in [9.17, 15) is 8.42 Å². The van der Waals surface area contributed by atoms with Crippen LogP contribution in [0.1, 0.15) is 16.8 Å². The minimum Gasteiger partial charge on any atom is -0.496 e. The van der Waals surface area contributed by atoms with Gasteiger partial charge in [-0.05, 0) is 42.0 Å². The van der Waals surface area contributed by atoms with Crippen LogP contribution in [0.15, 0.2) is 58.8 Å². The quantitative estimate of drug-likeness (QED) is 0.420. The van der Waals surface area contributed by atoms with Crippen LogP contribution in [0.25, 0.3) is 10.9 Å². The maximum atomic E-state index is 12.9. The highest BCUT2D eigenvalue weighted by molar-refractivity contribution is 7.92. The Hall–Kier alpha value is -2.86. The standard InChI is InChI=1S/C21H16ClN3O3S2/c1-28-18-7-3-6-17-21(18)16(13-30(26,27)20-9-8-19(22)29-20)24-25(17)12-15-5-2-4-14(10-15)11-23/h2-10H,12-13H2,1H3. The van der Waals surface area contributed by atoms with Crippen molar-refractivity contribution in [3.63, 3.8) is 0 Å². The Kier molecular flexibility index (Phi) is 5.52. The molecule has 0 aliphatic carbocycles. The zero-order valence-electron chi connectivity index (χ0n) is 15.9. The molecule has 2 heterocycles. The number of ether oxygens (including phenoxy) is 1. The molecule has 0 amide bonds. The highest BCUT2D eigenvalue weighted by Gasteiger charge is 2.24. The van der Waals surface area contributed by atoms with Crippen LogP contribution in [0.3, 0.4) is 0 Å². The van der Waals surface area contributed by atoms with Crippen molar-refractivity contribution in [2.45, 2.75) is 16.5 Å². The molecule has 0 bridgehead atoms. The van der Waals surface area contributed by atoms with Gasteiger partial charge in [0.25, 0.3) is 0 Å². The normalized spacial score (nSPS) is 11.5. The lowest BCUT2D eigenvalue weighted by Gasteiger charge is -2.05. The van der Waals surface area contributed by atoms with Gasteiger partial charge in [-0.15, -0.1) is 11.3 Å². The minimum atomic E-state index is -3.62. The fourth-order valence-corrected chi connectivity index (χ4v) is 6.14. The van der Waals surface area contributed by atoms with E-state index < -0.39 is 9.84 Å². The molecule has 0 radical (unpaired) electrons. The third-order valence-corrected chi connectivity index (χ3v) is 8.04. The average molecular weight is 458 g/mol. The number of methoxy groups -OCH3 is 1. The van der Waals surface area contributed by atoms with Crippen LogP contribution < -0.4 is 4.74 Å². The first-order valence-corrected chi connectivity index (χ1v) is 11.8. The van der Waals surface area contributed by atoms with E-state index >= 15 is 0 Å². The summed E-state index contributed by atoms with van der Waals surface area (Å²) in [6.07, 6.45) is 0. The van der Waals surface area contributed by atoms with Gasteiger partial charge in [-0.3, -0.25) is 4.68 Å². The number of halogens is 1. The number of aromatic nitrogens is 2. The third-order valence-electron chi connectivity index (χ3n) is 4.60. The number of hydrogen-bond acceptors (Lipinski definition) is 6. The molecule has 0 saturated heterocycles. The number of benzene rings is 2. The molecule has 4 aromatic rings. The molecule has 2 aromatic carbocycles. The van der Waals surface area contributed by atoms with Gasteiger partial charge in [0, 0.05) is 0 Å². The number of fused-ring (bicyclic) bond motifs is 1. The number of nitriles is 1. The molecule has 2 aromatic heterocycles. The van der Waals surface area contributed by atoms with E-state index in [1.165, 1.54) is 6.07 Å². The number of nitrogens with zero attached hydrogens (tertiary/aromatic N) is 3. The van der Waals surface area contributed by atoms with Crippen molar-refractivity contribution in [3.05, 3.63) is 75.8 Å². The molecule has 0 unspecified atom stereocenters. The lowest BCUT2D eigenvalue weighted by molar-refractivity contribution is 0.419. The molecule has 0 spiro atoms. The van der Waals surface area contributed by atoms with Crippen LogP contribution in [-0.2, 0) is 22.1 Å². The number of hydrogen-bond donors (Lipinski definition) is 0. The van der Waals surface area contributed by atoms with E-state index in [1.807, 2.05) is 24.3 Å². The van der Waals surface area contributed by atoms with Crippen LogP contribution in [0, 0.1) is 11.3 Å². The zero-order valence-corrected chi connectivity index (χ0v) is 18.3. The van der Waals surface area contributed by atoms with Crippen LogP contribution in [-0.4, -0.2) is 25.3 Å². The second kappa shape index (κ2) is 8.11. The molecule has 0 saturated carbocycles. The third kappa shape index (κ3) is 3.92. The van der Waals surface area contributed by atoms with Gasteiger partial charge >= 0.3 is 0 Å². The van der Waals surface area contributed by atoms with E-state index in [1.54, 1.807) is 36.1 Å². The van der Waals surface area contributed by atoms with Crippen LogP contribution in [0.5, 0.6) is 5.75 Å². The van der Waals surface area contributed by atoms with Crippen LogP contribution >= 0.6 is 22.9 Å². The lowest BCUT2D eigenvalue weighted by atomic mass is 10.1. The summed E-state index contributed by atoms with van der Waals surface area (Å²) in [5.41, 5.74) is 2.61. The van der Waals surface area contributed by atoms with Crippen molar-refractivity contribution in [1.29, 1.82) is 5.26 Å². The fraction of sp³-hybridized carbons (Fsp3) is 0.143. The Labute approximate surface area is 182 Å². The minimum absolute atomic E-state index is 0.201. The predicted octanol–water partition coefficient (Wildman–Crippen LogP) is 4.65. The summed E-state index contributed by atoms with van der Waals surface area (Å²) in [7, 11) is -2.08. The summed E-state index contributed by atoms with van der Waals surface area (Å²) in [5.74, 6) is 0.283.